The molecule has 0 aliphatic heterocycles. The van der Waals surface area contributed by atoms with Gasteiger partial charge in [-0.25, -0.2) is 0 Å². The normalized spacial score (nSPS) is 10.6. The Bertz CT molecular complexity index is 606. The monoisotopic (exact) mass is 289 g/mol. The first-order chi connectivity index (χ1) is 9.67. The second-order valence-corrected chi connectivity index (χ2v) is 5.77. The van der Waals surface area contributed by atoms with Crippen molar-refractivity contribution in [3.05, 3.63) is 39.8 Å². The molecule has 0 saturated carbocycles. The maximum absolute atomic E-state index is 8.70. The second-order valence-electron chi connectivity index (χ2n) is 4.77. The van der Waals surface area contributed by atoms with Crippen LogP contribution in [0.4, 0.5) is 0 Å². The van der Waals surface area contributed by atoms with E-state index < -0.39 is 0 Å². The fraction of sp³-hybridized carbons (Fsp3) is 0.400. The molecule has 2 aromatic heterocycles. The number of rotatable bonds is 5. The van der Waals surface area contributed by atoms with Crippen LogP contribution in [0.3, 0.4) is 0 Å². The van der Waals surface area contributed by atoms with Crippen LogP contribution in [0.25, 0.3) is 0 Å². The van der Waals surface area contributed by atoms with Gasteiger partial charge in [-0.2, -0.15) is 5.10 Å². The number of thiophene rings is 1. The van der Waals surface area contributed by atoms with Gasteiger partial charge < -0.3 is 5.11 Å². The first kappa shape index (κ1) is 14.8. The predicted octanol–water partition coefficient (Wildman–Crippen LogP) is 1.85. The highest BCUT2D eigenvalue weighted by atomic mass is 32.1. The zero-order valence-corrected chi connectivity index (χ0v) is 12.7. The molecular formula is C15H19N3OS. The van der Waals surface area contributed by atoms with E-state index in [4.69, 9.17) is 5.11 Å². The third-order valence-electron chi connectivity index (χ3n) is 2.76. The van der Waals surface area contributed by atoms with Gasteiger partial charge in [-0.1, -0.05) is 11.8 Å². The summed E-state index contributed by atoms with van der Waals surface area (Å²) in [5.74, 6) is 6.00. The Hall–Kier alpha value is -1.61. The number of aliphatic hydroxyl groups is 1. The average Bonchev–Trinajstić information content (AvgIpc) is 2.99. The highest BCUT2D eigenvalue weighted by Crippen LogP contribution is 2.16. The predicted molar refractivity (Wildman–Crippen MR) is 81.3 cm³/mol. The Labute approximate surface area is 123 Å². The van der Waals surface area contributed by atoms with E-state index in [-0.39, 0.29) is 6.61 Å². The standard InChI is InChI=1S/C15H19N3OS/c1-17(9-14-8-16-18(2)10-14)11-15-7-13(12-20-15)5-3-4-6-19/h7-8,10,12,19H,4,6,9,11H2,1-2H3. The molecule has 0 atom stereocenters. The van der Waals surface area contributed by atoms with Crippen LogP contribution < -0.4 is 0 Å². The van der Waals surface area contributed by atoms with Crippen LogP contribution in [0.2, 0.25) is 0 Å². The van der Waals surface area contributed by atoms with Gasteiger partial charge in [0.05, 0.1) is 12.8 Å². The summed E-state index contributed by atoms with van der Waals surface area (Å²) in [6.07, 6.45) is 4.47. The summed E-state index contributed by atoms with van der Waals surface area (Å²) in [4.78, 5) is 3.55. The molecule has 5 heteroatoms. The van der Waals surface area contributed by atoms with Crippen LogP contribution in [0.15, 0.2) is 23.8 Å². The molecule has 0 fully saturated rings. The second kappa shape index (κ2) is 7.25. The van der Waals surface area contributed by atoms with Crippen molar-refractivity contribution in [1.82, 2.24) is 14.7 Å². The van der Waals surface area contributed by atoms with Crippen LogP contribution in [-0.4, -0.2) is 33.4 Å². The van der Waals surface area contributed by atoms with Gasteiger partial charge in [-0.15, -0.1) is 11.3 Å². The maximum atomic E-state index is 8.70. The Kier molecular flexibility index (Phi) is 5.36. The van der Waals surface area contributed by atoms with Crippen molar-refractivity contribution in [2.75, 3.05) is 13.7 Å². The van der Waals surface area contributed by atoms with E-state index in [0.717, 1.165) is 18.7 Å². The summed E-state index contributed by atoms with van der Waals surface area (Å²) in [5, 5.41) is 14.9. The summed E-state index contributed by atoms with van der Waals surface area (Å²) in [5.41, 5.74) is 2.25. The minimum absolute atomic E-state index is 0.123. The molecule has 20 heavy (non-hydrogen) atoms. The van der Waals surface area contributed by atoms with E-state index in [2.05, 4.69) is 40.3 Å². The van der Waals surface area contributed by atoms with E-state index in [1.807, 2.05) is 24.1 Å². The van der Waals surface area contributed by atoms with Gasteiger partial charge >= 0.3 is 0 Å². The van der Waals surface area contributed by atoms with Gasteiger partial charge in [0.2, 0.25) is 0 Å². The summed E-state index contributed by atoms with van der Waals surface area (Å²) in [6.45, 7) is 1.91. The number of nitrogens with zero attached hydrogens (tertiary/aromatic N) is 3. The number of aliphatic hydroxyl groups excluding tert-OH is 1. The van der Waals surface area contributed by atoms with Crippen molar-refractivity contribution in [1.29, 1.82) is 0 Å². The van der Waals surface area contributed by atoms with Gasteiger partial charge in [0, 0.05) is 54.1 Å². The molecule has 0 aromatic carbocycles. The van der Waals surface area contributed by atoms with Gasteiger partial charge in [-0.3, -0.25) is 9.58 Å². The van der Waals surface area contributed by atoms with Crippen molar-refractivity contribution < 1.29 is 5.11 Å². The lowest BCUT2D eigenvalue weighted by atomic mass is 10.3. The minimum Gasteiger partial charge on any atom is -0.395 e. The Balaban J connectivity index is 1.88. The summed E-state index contributed by atoms with van der Waals surface area (Å²) < 4.78 is 1.82. The molecule has 0 saturated heterocycles. The molecule has 0 spiro atoms. The molecule has 1 N–H and O–H groups in total. The third-order valence-corrected chi connectivity index (χ3v) is 3.68. The molecule has 0 aliphatic carbocycles. The number of hydrogen-bond acceptors (Lipinski definition) is 4. The van der Waals surface area contributed by atoms with Gasteiger partial charge in [0.25, 0.3) is 0 Å². The molecule has 0 radical (unpaired) electrons. The lowest BCUT2D eigenvalue weighted by Crippen LogP contribution is -2.16. The minimum atomic E-state index is 0.123. The van der Waals surface area contributed by atoms with Crippen LogP contribution in [0.1, 0.15) is 22.4 Å². The van der Waals surface area contributed by atoms with E-state index in [9.17, 15) is 0 Å². The van der Waals surface area contributed by atoms with E-state index in [1.54, 1.807) is 11.3 Å². The number of aryl methyl sites for hydroxylation is 1. The summed E-state index contributed by atoms with van der Waals surface area (Å²) in [6, 6.07) is 2.12. The SMILES string of the molecule is CN(Cc1cnn(C)c1)Cc1cc(C#CCCO)cs1. The van der Waals surface area contributed by atoms with Gasteiger partial charge in [0.1, 0.15) is 0 Å². The van der Waals surface area contributed by atoms with Crippen LogP contribution in [0, 0.1) is 11.8 Å². The van der Waals surface area contributed by atoms with Crippen molar-refractivity contribution >= 4 is 11.3 Å². The number of hydrogen-bond donors (Lipinski definition) is 1. The molecule has 2 heterocycles. The zero-order chi connectivity index (χ0) is 14.4. The molecule has 0 aliphatic rings. The zero-order valence-electron chi connectivity index (χ0n) is 11.8. The van der Waals surface area contributed by atoms with E-state index >= 15 is 0 Å². The Morgan fingerprint density at radius 3 is 3.00 bits per heavy atom. The Morgan fingerprint density at radius 2 is 2.30 bits per heavy atom. The molecule has 0 amide bonds. The van der Waals surface area contributed by atoms with Crippen molar-refractivity contribution in [3.63, 3.8) is 0 Å². The van der Waals surface area contributed by atoms with Crippen molar-refractivity contribution in [2.24, 2.45) is 7.05 Å². The van der Waals surface area contributed by atoms with E-state index in [0.29, 0.717) is 6.42 Å². The molecule has 0 bridgehead atoms. The summed E-state index contributed by atoms with van der Waals surface area (Å²) >= 11 is 1.72. The van der Waals surface area contributed by atoms with E-state index in [1.165, 1.54) is 10.4 Å². The quantitative estimate of drug-likeness (QED) is 0.854. The third kappa shape index (κ3) is 4.49. The Morgan fingerprint density at radius 1 is 1.45 bits per heavy atom. The van der Waals surface area contributed by atoms with Gasteiger partial charge in [0.15, 0.2) is 0 Å². The van der Waals surface area contributed by atoms with Gasteiger partial charge in [-0.05, 0) is 13.1 Å². The largest absolute Gasteiger partial charge is 0.395 e. The average molecular weight is 289 g/mol. The molecule has 4 nitrogen and oxygen atoms in total. The van der Waals surface area contributed by atoms with Crippen molar-refractivity contribution in [2.45, 2.75) is 19.5 Å². The van der Waals surface area contributed by atoms with Crippen LogP contribution in [-0.2, 0) is 20.1 Å². The lowest BCUT2D eigenvalue weighted by Gasteiger charge is -2.13. The fourth-order valence-corrected chi connectivity index (χ4v) is 2.83. The highest BCUT2D eigenvalue weighted by Gasteiger charge is 2.05. The first-order valence-corrected chi connectivity index (χ1v) is 7.38. The smallest absolute Gasteiger partial charge is 0.0540 e. The van der Waals surface area contributed by atoms with Crippen LogP contribution in [0.5, 0.6) is 0 Å². The molecular weight excluding hydrogens is 270 g/mol. The molecule has 106 valence electrons. The highest BCUT2D eigenvalue weighted by molar-refractivity contribution is 7.10. The molecule has 2 rings (SSSR count). The number of aromatic nitrogens is 2. The summed E-state index contributed by atoms with van der Waals surface area (Å²) in [7, 11) is 4.03. The maximum Gasteiger partial charge on any atom is 0.0540 e. The lowest BCUT2D eigenvalue weighted by molar-refractivity contribution is 0.305. The molecule has 2 aromatic rings. The topological polar surface area (TPSA) is 41.3 Å². The van der Waals surface area contributed by atoms with Crippen LogP contribution >= 0.6 is 11.3 Å². The molecule has 0 unspecified atom stereocenters. The van der Waals surface area contributed by atoms with Crippen molar-refractivity contribution in [3.8, 4) is 11.8 Å². The first-order valence-electron chi connectivity index (χ1n) is 6.50. The fourth-order valence-electron chi connectivity index (χ4n) is 1.94.